The molecule has 0 bridgehead atoms. The molecule has 3 nitrogen and oxygen atoms in total. The van der Waals surface area contributed by atoms with Gasteiger partial charge in [-0.05, 0) is 24.1 Å². The van der Waals surface area contributed by atoms with Crippen molar-refractivity contribution in [2.24, 2.45) is 0 Å². The number of nitrogens with zero attached hydrogens (tertiary/aromatic N) is 2. The lowest BCUT2D eigenvalue weighted by Crippen LogP contribution is -2.45. The molecule has 0 amide bonds. The molecule has 1 heterocycles. The summed E-state index contributed by atoms with van der Waals surface area (Å²) in [6.45, 7) is 8.02. The molecule has 110 valence electrons. The average molecular weight is 314 g/mol. The van der Waals surface area contributed by atoms with Crippen LogP contribution >= 0.6 is 24.8 Å². The van der Waals surface area contributed by atoms with Crippen LogP contribution < -0.4 is 5.32 Å². The number of hydrogen-bond donors (Lipinski definition) is 1. The van der Waals surface area contributed by atoms with E-state index in [4.69, 9.17) is 5.26 Å². The third-order valence-electron chi connectivity index (χ3n) is 3.38. The number of halogens is 2. The van der Waals surface area contributed by atoms with Crippen molar-refractivity contribution >= 4 is 24.8 Å². The van der Waals surface area contributed by atoms with Crippen molar-refractivity contribution in [2.45, 2.75) is 12.5 Å². The van der Waals surface area contributed by atoms with E-state index in [1.807, 2.05) is 24.3 Å². The van der Waals surface area contributed by atoms with Gasteiger partial charge in [0.05, 0.1) is 11.6 Å². The van der Waals surface area contributed by atoms with E-state index in [1.54, 1.807) is 0 Å². The Labute approximate surface area is 133 Å². The second kappa shape index (κ2) is 9.79. The Morgan fingerprint density at radius 1 is 1.35 bits per heavy atom. The molecule has 1 aliphatic heterocycles. The Kier molecular flexibility index (Phi) is 9.28. The first-order valence-electron chi connectivity index (χ1n) is 6.41. The first kappa shape index (κ1) is 18.9. The van der Waals surface area contributed by atoms with E-state index >= 15 is 0 Å². The zero-order valence-corrected chi connectivity index (χ0v) is 13.1. The van der Waals surface area contributed by atoms with Gasteiger partial charge in [-0.25, -0.2) is 0 Å². The average Bonchev–Trinajstić information content (AvgIpc) is 2.46. The van der Waals surface area contributed by atoms with Gasteiger partial charge in [0, 0.05) is 32.2 Å². The fraction of sp³-hybridized carbons (Fsp3) is 0.400. The van der Waals surface area contributed by atoms with Gasteiger partial charge in [-0.3, -0.25) is 4.90 Å². The number of hydrogen-bond acceptors (Lipinski definition) is 3. The van der Waals surface area contributed by atoms with Crippen LogP contribution in [0.1, 0.15) is 23.6 Å². The summed E-state index contributed by atoms with van der Waals surface area (Å²) in [5.74, 6) is 0. The second-order valence-electron chi connectivity index (χ2n) is 4.56. The molecule has 0 spiro atoms. The molecular weight excluding hydrogens is 293 g/mol. The molecule has 1 aliphatic rings. The highest BCUT2D eigenvalue weighted by molar-refractivity contribution is 5.85. The first-order chi connectivity index (χ1) is 8.85. The minimum atomic E-state index is 0. The number of rotatable bonds is 4. The zero-order valence-electron chi connectivity index (χ0n) is 11.4. The predicted octanol–water partition coefficient (Wildman–Crippen LogP) is 2.92. The van der Waals surface area contributed by atoms with Crippen LogP contribution in [-0.4, -0.2) is 31.1 Å². The summed E-state index contributed by atoms with van der Waals surface area (Å²) >= 11 is 0. The fourth-order valence-corrected chi connectivity index (χ4v) is 2.46. The molecule has 20 heavy (non-hydrogen) atoms. The third kappa shape index (κ3) is 4.81. The topological polar surface area (TPSA) is 39.1 Å². The lowest BCUT2D eigenvalue weighted by Gasteiger charge is -2.34. The minimum absolute atomic E-state index is 0. The van der Waals surface area contributed by atoms with Gasteiger partial charge in [0.1, 0.15) is 0 Å². The second-order valence-corrected chi connectivity index (χ2v) is 4.56. The van der Waals surface area contributed by atoms with E-state index in [1.165, 1.54) is 5.56 Å². The van der Waals surface area contributed by atoms with Gasteiger partial charge in [0.25, 0.3) is 0 Å². The quantitative estimate of drug-likeness (QED) is 0.869. The molecule has 0 aromatic heterocycles. The summed E-state index contributed by atoms with van der Waals surface area (Å²) < 4.78 is 0. The summed E-state index contributed by atoms with van der Waals surface area (Å²) in [5.41, 5.74) is 1.95. The van der Waals surface area contributed by atoms with Gasteiger partial charge < -0.3 is 5.32 Å². The third-order valence-corrected chi connectivity index (χ3v) is 3.38. The molecule has 5 heteroatoms. The van der Waals surface area contributed by atoms with Crippen LogP contribution in [0.4, 0.5) is 0 Å². The maximum atomic E-state index is 8.99. The Morgan fingerprint density at radius 3 is 2.65 bits per heavy atom. The van der Waals surface area contributed by atoms with Crippen molar-refractivity contribution < 1.29 is 0 Å². The molecule has 1 N–H and O–H groups in total. The van der Waals surface area contributed by atoms with E-state index in [-0.39, 0.29) is 24.8 Å². The van der Waals surface area contributed by atoms with Crippen LogP contribution in [0.2, 0.25) is 0 Å². The van der Waals surface area contributed by atoms with Crippen molar-refractivity contribution in [1.29, 1.82) is 5.26 Å². The largest absolute Gasteiger partial charge is 0.314 e. The molecule has 0 radical (unpaired) electrons. The Morgan fingerprint density at radius 2 is 2.05 bits per heavy atom. The van der Waals surface area contributed by atoms with E-state index in [0.717, 1.165) is 38.2 Å². The molecule has 1 aromatic carbocycles. The van der Waals surface area contributed by atoms with Gasteiger partial charge in [-0.15, -0.1) is 31.4 Å². The Bertz CT molecular complexity index is 451. The lowest BCUT2D eigenvalue weighted by atomic mass is 9.99. The van der Waals surface area contributed by atoms with Crippen LogP contribution in [0.3, 0.4) is 0 Å². The van der Waals surface area contributed by atoms with Crippen molar-refractivity contribution in [1.82, 2.24) is 10.2 Å². The highest BCUT2D eigenvalue weighted by atomic mass is 35.5. The van der Waals surface area contributed by atoms with Crippen LogP contribution in [0.15, 0.2) is 36.9 Å². The van der Waals surface area contributed by atoms with Crippen LogP contribution in [0, 0.1) is 11.3 Å². The van der Waals surface area contributed by atoms with Crippen LogP contribution in [0.5, 0.6) is 0 Å². The molecule has 0 aliphatic carbocycles. The smallest absolute Gasteiger partial charge is 0.0991 e. The summed E-state index contributed by atoms with van der Waals surface area (Å²) in [6.07, 6.45) is 2.89. The van der Waals surface area contributed by atoms with Gasteiger partial charge >= 0.3 is 0 Å². The molecule has 1 atom stereocenters. The standard InChI is InChI=1S/C15H19N3.2ClH/c1-2-4-15(18-9-7-17-8-10-18)14-6-3-5-13(11-14)12-16;;/h2-3,5-6,11,15,17H,1,4,7-10H2;2*1H/t15-;;/m0../s1. The van der Waals surface area contributed by atoms with Crippen molar-refractivity contribution in [3.8, 4) is 6.07 Å². The number of nitriles is 1. The fourth-order valence-electron chi connectivity index (χ4n) is 2.46. The number of benzene rings is 1. The van der Waals surface area contributed by atoms with Gasteiger partial charge in [0.2, 0.25) is 0 Å². The molecule has 1 fully saturated rings. The highest BCUT2D eigenvalue weighted by Gasteiger charge is 2.20. The lowest BCUT2D eigenvalue weighted by molar-refractivity contribution is 0.174. The summed E-state index contributed by atoms with van der Waals surface area (Å²) in [6, 6.07) is 10.5. The minimum Gasteiger partial charge on any atom is -0.314 e. The highest BCUT2D eigenvalue weighted by Crippen LogP contribution is 2.25. The van der Waals surface area contributed by atoms with Crippen molar-refractivity contribution in [3.05, 3.63) is 48.0 Å². The molecular formula is C15H21Cl2N3. The monoisotopic (exact) mass is 313 g/mol. The van der Waals surface area contributed by atoms with E-state index < -0.39 is 0 Å². The summed E-state index contributed by atoms with van der Waals surface area (Å²) in [7, 11) is 0. The van der Waals surface area contributed by atoms with Gasteiger partial charge in [-0.2, -0.15) is 5.26 Å². The van der Waals surface area contributed by atoms with Gasteiger partial charge in [-0.1, -0.05) is 18.2 Å². The Hall–Kier alpha value is -1.05. The maximum Gasteiger partial charge on any atom is 0.0991 e. The Balaban J connectivity index is 0.00000180. The number of nitrogens with one attached hydrogen (secondary N) is 1. The van der Waals surface area contributed by atoms with Gasteiger partial charge in [0.15, 0.2) is 0 Å². The maximum absolute atomic E-state index is 8.99. The number of piperazine rings is 1. The zero-order chi connectivity index (χ0) is 12.8. The molecule has 0 saturated carbocycles. The predicted molar refractivity (Wildman–Crippen MR) is 87.7 cm³/mol. The molecule has 1 saturated heterocycles. The molecule has 0 unspecified atom stereocenters. The van der Waals surface area contributed by atoms with Crippen molar-refractivity contribution in [2.75, 3.05) is 26.2 Å². The molecule has 1 aromatic rings. The van der Waals surface area contributed by atoms with Crippen LogP contribution in [-0.2, 0) is 0 Å². The van der Waals surface area contributed by atoms with Crippen molar-refractivity contribution in [3.63, 3.8) is 0 Å². The van der Waals surface area contributed by atoms with E-state index in [2.05, 4.69) is 28.9 Å². The van der Waals surface area contributed by atoms with E-state index in [9.17, 15) is 0 Å². The summed E-state index contributed by atoms with van der Waals surface area (Å²) in [4.78, 5) is 2.47. The van der Waals surface area contributed by atoms with E-state index in [0.29, 0.717) is 6.04 Å². The van der Waals surface area contributed by atoms with Crippen LogP contribution in [0.25, 0.3) is 0 Å². The summed E-state index contributed by atoms with van der Waals surface area (Å²) in [5, 5.41) is 12.4. The normalized spacial score (nSPS) is 16.1. The SMILES string of the molecule is C=CC[C@@H](c1cccc(C#N)c1)N1CCNCC1.Cl.Cl. The molecule has 2 rings (SSSR count). The first-order valence-corrected chi connectivity index (χ1v) is 6.41.